The molecule has 1 aromatic carbocycles. The standard InChI is InChI=1S/C11H14O/c1-8(2)11-6-10(7-12)5-4-9(11)3/h4-8H,1-3H3. The molecule has 1 nitrogen and oxygen atoms in total. The van der Waals surface area contributed by atoms with Crippen LogP contribution >= 0.6 is 0 Å². The van der Waals surface area contributed by atoms with Crippen molar-refractivity contribution in [3.63, 3.8) is 0 Å². The topological polar surface area (TPSA) is 17.1 Å². The Morgan fingerprint density at radius 1 is 1.33 bits per heavy atom. The van der Waals surface area contributed by atoms with E-state index in [4.69, 9.17) is 0 Å². The molecule has 0 amide bonds. The van der Waals surface area contributed by atoms with Gasteiger partial charge in [0.25, 0.3) is 0 Å². The summed E-state index contributed by atoms with van der Waals surface area (Å²) in [6.45, 7) is 6.34. The molecule has 0 fully saturated rings. The van der Waals surface area contributed by atoms with E-state index in [1.54, 1.807) is 0 Å². The third-order valence-corrected chi connectivity index (χ3v) is 2.06. The molecule has 0 radical (unpaired) electrons. The average Bonchev–Trinajstić information content (AvgIpc) is 2.05. The Balaban J connectivity index is 3.16. The van der Waals surface area contributed by atoms with Crippen LogP contribution in [0.3, 0.4) is 0 Å². The summed E-state index contributed by atoms with van der Waals surface area (Å²) >= 11 is 0. The molecule has 0 unspecified atom stereocenters. The number of hydrogen-bond acceptors (Lipinski definition) is 1. The van der Waals surface area contributed by atoms with Crippen LogP contribution in [-0.4, -0.2) is 6.29 Å². The van der Waals surface area contributed by atoms with Gasteiger partial charge in [-0.05, 0) is 30.0 Å². The Kier molecular flexibility index (Phi) is 2.64. The molecule has 0 spiro atoms. The van der Waals surface area contributed by atoms with Crippen molar-refractivity contribution < 1.29 is 4.79 Å². The van der Waals surface area contributed by atoms with Crippen molar-refractivity contribution in [3.05, 3.63) is 34.9 Å². The van der Waals surface area contributed by atoms with E-state index in [0.717, 1.165) is 11.8 Å². The third kappa shape index (κ3) is 1.73. The second-order valence-corrected chi connectivity index (χ2v) is 3.39. The van der Waals surface area contributed by atoms with E-state index in [0.29, 0.717) is 5.92 Å². The second-order valence-electron chi connectivity index (χ2n) is 3.39. The Bertz CT molecular complexity index is 287. The van der Waals surface area contributed by atoms with Gasteiger partial charge >= 0.3 is 0 Å². The van der Waals surface area contributed by atoms with E-state index in [2.05, 4.69) is 20.8 Å². The zero-order valence-electron chi connectivity index (χ0n) is 7.79. The van der Waals surface area contributed by atoms with Crippen molar-refractivity contribution in [1.29, 1.82) is 0 Å². The summed E-state index contributed by atoms with van der Waals surface area (Å²) < 4.78 is 0. The van der Waals surface area contributed by atoms with Crippen LogP contribution in [0.1, 0.15) is 41.3 Å². The normalized spacial score (nSPS) is 10.3. The molecule has 0 aromatic heterocycles. The lowest BCUT2D eigenvalue weighted by Gasteiger charge is -2.09. The van der Waals surface area contributed by atoms with Crippen LogP contribution in [0.2, 0.25) is 0 Å². The number of benzene rings is 1. The van der Waals surface area contributed by atoms with Crippen LogP contribution < -0.4 is 0 Å². The van der Waals surface area contributed by atoms with Crippen molar-refractivity contribution in [3.8, 4) is 0 Å². The molecular formula is C11H14O. The molecule has 1 aromatic rings. The van der Waals surface area contributed by atoms with Gasteiger partial charge < -0.3 is 0 Å². The lowest BCUT2D eigenvalue weighted by atomic mass is 9.96. The number of hydrogen-bond donors (Lipinski definition) is 0. The molecule has 0 saturated heterocycles. The summed E-state index contributed by atoms with van der Waals surface area (Å²) in [6, 6.07) is 5.82. The highest BCUT2D eigenvalue weighted by molar-refractivity contribution is 5.75. The molecule has 0 aliphatic rings. The van der Waals surface area contributed by atoms with Gasteiger partial charge in [-0.2, -0.15) is 0 Å². The molecular weight excluding hydrogens is 148 g/mol. The van der Waals surface area contributed by atoms with E-state index in [1.165, 1.54) is 11.1 Å². The van der Waals surface area contributed by atoms with E-state index in [-0.39, 0.29) is 0 Å². The highest BCUT2D eigenvalue weighted by Gasteiger charge is 2.03. The van der Waals surface area contributed by atoms with Crippen molar-refractivity contribution in [2.24, 2.45) is 0 Å². The molecule has 0 atom stereocenters. The van der Waals surface area contributed by atoms with Crippen LogP contribution in [0, 0.1) is 6.92 Å². The highest BCUT2D eigenvalue weighted by atomic mass is 16.1. The summed E-state index contributed by atoms with van der Waals surface area (Å²) in [7, 11) is 0. The van der Waals surface area contributed by atoms with Gasteiger partial charge in [-0.25, -0.2) is 0 Å². The molecule has 0 heterocycles. The quantitative estimate of drug-likeness (QED) is 0.611. The minimum Gasteiger partial charge on any atom is -0.298 e. The number of rotatable bonds is 2. The van der Waals surface area contributed by atoms with Crippen LogP contribution in [0.15, 0.2) is 18.2 Å². The Morgan fingerprint density at radius 3 is 2.50 bits per heavy atom. The van der Waals surface area contributed by atoms with E-state index >= 15 is 0 Å². The zero-order chi connectivity index (χ0) is 9.14. The van der Waals surface area contributed by atoms with Gasteiger partial charge in [0.15, 0.2) is 0 Å². The second kappa shape index (κ2) is 3.53. The minimum absolute atomic E-state index is 0.491. The first kappa shape index (κ1) is 8.98. The largest absolute Gasteiger partial charge is 0.298 e. The Labute approximate surface area is 73.4 Å². The predicted molar refractivity (Wildman–Crippen MR) is 50.7 cm³/mol. The first-order chi connectivity index (χ1) is 5.65. The molecule has 64 valence electrons. The zero-order valence-corrected chi connectivity index (χ0v) is 7.79. The molecule has 1 heteroatoms. The van der Waals surface area contributed by atoms with Crippen LogP contribution in [0.4, 0.5) is 0 Å². The molecule has 0 saturated carbocycles. The Hall–Kier alpha value is -1.11. The van der Waals surface area contributed by atoms with Gasteiger partial charge in [0.05, 0.1) is 0 Å². The number of carbonyl (C=O) groups excluding carboxylic acids is 1. The van der Waals surface area contributed by atoms with Gasteiger partial charge in [-0.3, -0.25) is 4.79 Å². The van der Waals surface area contributed by atoms with Gasteiger partial charge in [-0.15, -0.1) is 0 Å². The van der Waals surface area contributed by atoms with Crippen LogP contribution in [0.5, 0.6) is 0 Å². The molecule has 1 rings (SSSR count). The fraction of sp³-hybridized carbons (Fsp3) is 0.364. The summed E-state index contributed by atoms with van der Waals surface area (Å²) in [5.41, 5.74) is 3.29. The first-order valence-electron chi connectivity index (χ1n) is 4.21. The van der Waals surface area contributed by atoms with E-state index in [1.807, 2.05) is 18.2 Å². The minimum atomic E-state index is 0.491. The van der Waals surface area contributed by atoms with Gasteiger partial charge in [0.2, 0.25) is 0 Å². The summed E-state index contributed by atoms with van der Waals surface area (Å²) in [6.07, 6.45) is 0.894. The summed E-state index contributed by atoms with van der Waals surface area (Å²) in [5, 5.41) is 0. The van der Waals surface area contributed by atoms with E-state index in [9.17, 15) is 4.79 Å². The lowest BCUT2D eigenvalue weighted by Crippen LogP contribution is -1.93. The maximum Gasteiger partial charge on any atom is 0.150 e. The van der Waals surface area contributed by atoms with Crippen molar-refractivity contribution in [1.82, 2.24) is 0 Å². The molecule has 0 N–H and O–H groups in total. The predicted octanol–water partition coefficient (Wildman–Crippen LogP) is 2.93. The van der Waals surface area contributed by atoms with Gasteiger partial charge in [-0.1, -0.05) is 26.0 Å². The Morgan fingerprint density at radius 2 is 2.00 bits per heavy atom. The summed E-state index contributed by atoms with van der Waals surface area (Å²) in [5.74, 6) is 0.491. The molecule has 12 heavy (non-hydrogen) atoms. The molecule has 0 bridgehead atoms. The first-order valence-corrected chi connectivity index (χ1v) is 4.21. The maximum atomic E-state index is 10.5. The number of aryl methyl sites for hydroxylation is 1. The van der Waals surface area contributed by atoms with Crippen molar-refractivity contribution in [2.75, 3.05) is 0 Å². The summed E-state index contributed by atoms with van der Waals surface area (Å²) in [4.78, 5) is 10.5. The van der Waals surface area contributed by atoms with Gasteiger partial charge in [0.1, 0.15) is 6.29 Å². The molecule has 0 aliphatic heterocycles. The SMILES string of the molecule is Cc1ccc(C=O)cc1C(C)C. The van der Waals surface area contributed by atoms with Crippen LogP contribution in [-0.2, 0) is 0 Å². The third-order valence-electron chi connectivity index (χ3n) is 2.06. The number of aldehydes is 1. The van der Waals surface area contributed by atoms with Crippen molar-refractivity contribution in [2.45, 2.75) is 26.7 Å². The fourth-order valence-electron chi connectivity index (χ4n) is 1.35. The molecule has 0 aliphatic carbocycles. The monoisotopic (exact) mass is 162 g/mol. The van der Waals surface area contributed by atoms with E-state index < -0.39 is 0 Å². The fourth-order valence-corrected chi connectivity index (χ4v) is 1.35. The highest BCUT2D eigenvalue weighted by Crippen LogP contribution is 2.19. The smallest absolute Gasteiger partial charge is 0.150 e. The van der Waals surface area contributed by atoms with Crippen LogP contribution in [0.25, 0.3) is 0 Å². The van der Waals surface area contributed by atoms with Crippen molar-refractivity contribution >= 4 is 6.29 Å². The average molecular weight is 162 g/mol. The lowest BCUT2D eigenvalue weighted by molar-refractivity contribution is 0.112. The van der Waals surface area contributed by atoms with Gasteiger partial charge in [0, 0.05) is 5.56 Å². The maximum absolute atomic E-state index is 10.5. The number of carbonyl (C=O) groups is 1.